The topological polar surface area (TPSA) is 81.9 Å². The maximum absolute atomic E-state index is 11.6. The lowest BCUT2D eigenvalue weighted by atomic mass is 10.2. The predicted molar refractivity (Wildman–Crippen MR) is 83.9 cm³/mol. The molecule has 0 atom stereocenters. The zero-order valence-electron chi connectivity index (χ0n) is 12.7. The summed E-state index contributed by atoms with van der Waals surface area (Å²) in [5.74, 6) is 1.11. The molecule has 0 saturated carbocycles. The van der Waals surface area contributed by atoms with Gasteiger partial charge in [-0.15, -0.1) is 5.10 Å². The zero-order chi connectivity index (χ0) is 15.8. The van der Waals surface area contributed by atoms with Gasteiger partial charge in [0.05, 0.1) is 19.4 Å². The molecule has 0 radical (unpaired) electrons. The van der Waals surface area contributed by atoms with Gasteiger partial charge in [-0.1, -0.05) is 30.8 Å². The van der Waals surface area contributed by atoms with Crippen molar-refractivity contribution < 1.29 is 9.53 Å². The number of aromatic nitrogens is 4. The van der Waals surface area contributed by atoms with E-state index in [1.807, 2.05) is 31.2 Å². The summed E-state index contributed by atoms with van der Waals surface area (Å²) in [6.07, 6.45) is 0.922. The first-order valence-corrected chi connectivity index (χ1v) is 8.00. The maximum atomic E-state index is 11.6. The molecule has 2 aromatic rings. The van der Waals surface area contributed by atoms with Crippen molar-refractivity contribution in [2.24, 2.45) is 0 Å². The SMILES string of the molecule is CCCNC(=O)CSc1nnnn1Cc1ccc(OC)cc1. The number of rotatable bonds is 8. The molecule has 2 rings (SSSR count). The molecule has 1 N–H and O–H groups in total. The number of ether oxygens (including phenoxy) is 1. The Morgan fingerprint density at radius 3 is 2.82 bits per heavy atom. The van der Waals surface area contributed by atoms with Crippen LogP contribution in [-0.2, 0) is 11.3 Å². The molecule has 0 spiro atoms. The van der Waals surface area contributed by atoms with Crippen LogP contribution >= 0.6 is 11.8 Å². The molecule has 118 valence electrons. The Hall–Kier alpha value is -2.09. The largest absolute Gasteiger partial charge is 0.497 e. The Bertz CT molecular complexity index is 600. The summed E-state index contributed by atoms with van der Waals surface area (Å²) in [6.45, 7) is 3.26. The zero-order valence-corrected chi connectivity index (χ0v) is 13.5. The first kappa shape index (κ1) is 16.3. The fourth-order valence-electron chi connectivity index (χ4n) is 1.75. The predicted octanol–water partition coefficient (Wildman–Crippen LogP) is 1.35. The van der Waals surface area contributed by atoms with E-state index in [-0.39, 0.29) is 5.91 Å². The van der Waals surface area contributed by atoms with E-state index in [4.69, 9.17) is 4.74 Å². The molecule has 0 bridgehead atoms. The van der Waals surface area contributed by atoms with Gasteiger partial charge in [0.25, 0.3) is 0 Å². The van der Waals surface area contributed by atoms with Crippen LogP contribution in [0, 0.1) is 0 Å². The van der Waals surface area contributed by atoms with Crippen molar-refractivity contribution in [2.45, 2.75) is 25.0 Å². The normalized spacial score (nSPS) is 10.5. The number of carbonyl (C=O) groups is 1. The molecule has 1 aromatic carbocycles. The van der Waals surface area contributed by atoms with Crippen molar-refractivity contribution in [1.29, 1.82) is 0 Å². The van der Waals surface area contributed by atoms with Crippen LogP contribution in [0.5, 0.6) is 5.75 Å². The van der Waals surface area contributed by atoms with E-state index in [9.17, 15) is 4.79 Å². The highest BCUT2D eigenvalue weighted by atomic mass is 32.2. The van der Waals surface area contributed by atoms with E-state index in [1.165, 1.54) is 11.8 Å². The molecule has 7 nitrogen and oxygen atoms in total. The standard InChI is InChI=1S/C14H19N5O2S/c1-3-8-15-13(20)10-22-14-16-17-18-19(14)9-11-4-6-12(21-2)7-5-11/h4-7H,3,8-10H2,1-2H3,(H,15,20). The van der Waals surface area contributed by atoms with Crippen molar-refractivity contribution in [2.75, 3.05) is 19.4 Å². The number of thioether (sulfide) groups is 1. The van der Waals surface area contributed by atoms with Gasteiger partial charge in [0.15, 0.2) is 0 Å². The van der Waals surface area contributed by atoms with Gasteiger partial charge in [0.1, 0.15) is 5.75 Å². The lowest BCUT2D eigenvalue weighted by Gasteiger charge is -2.06. The molecule has 0 aliphatic carbocycles. The lowest BCUT2D eigenvalue weighted by Crippen LogP contribution is -2.25. The van der Waals surface area contributed by atoms with Crippen LogP contribution in [0.15, 0.2) is 29.4 Å². The van der Waals surface area contributed by atoms with Crippen LogP contribution < -0.4 is 10.1 Å². The first-order chi connectivity index (χ1) is 10.7. The Labute approximate surface area is 133 Å². The van der Waals surface area contributed by atoms with Crippen molar-refractivity contribution in [1.82, 2.24) is 25.5 Å². The van der Waals surface area contributed by atoms with E-state index >= 15 is 0 Å². The smallest absolute Gasteiger partial charge is 0.230 e. The van der Waals surface area contributed by atoms with Crippen molar-refractivity contribution in [3.63, 3.8) is 0 Å². The number of benzene rings is 1. The number of tetrazole rings is 1. The van der Waals surface area contributed by atoms with E-state index in [0.29, 0.717) is 24.0 Å². The summed E-state index contributed by atoms with van der Waals surface area (Å²) in [7, 11) is 1.63. The Morgan fingerprint density at radius 2 is 2.14 bits per heavy atom. The summed E-state index contributed by atoms with van der Waals surface area (Å²) in [6, 6.07) is 7.71. The van der Waals surface area contributed by atoms with Crippen LogP contribution in [0.3, 0.4) is 0 Å². The van der Waals surface area contributed by atoms with Crippen LogP contribution in [0.2, 0.25) is 0 Å². The highest BCUT2D eigenvalue weighted by Gasteiger charge is 2.10. The van der Waals surface area contributed by atoms with Gasteiger partial charge in [-0.05, 0) is 34.5 Å². The number of hydrogen-bond acceptors (Lipinski definition) is 6. The molecule has 0 saturated heterocycles. The molecular formula is C14H19N5O2S. The number of amides is 1. The van der Waals surface area contributed by atoms with Gasteiger partial charge >= 0.3 is 0 Å². The number of methoxy groups -OCH3 is 1. The first-order valence-electron chi connectivity index (χ1n) is 7.01. The minimum atomic E-state index is -0.00847. The Kier molecular flexibility index (Phi) is 6.20. The van der Waals surface area contributed by atoms with Gasteiger partial charge in [-0.25, -0.2) is 4.68 Å². The molecule has 22 heavy (non-hydrogen) atoms. The summed E-state index contributed by atoms with van der Waals surface area (Å²) < 4.78 is 6.81. The van der Waals surface area contributed by atoms with E-state index in [2.05, 4.69) is 20.8 Å². The molecule has 1 amide bonds. The maximum Gasteiger partial charge on any atom is 0.230 e. The third-order valence-corrected chi connectivity index (χ3v) is 3.85. The molecule has 0 aliphatic heterocycles. The molecule has 0 aliphatic rings. The number of carbonyl (C=O) groups excluding carboxylic acids is 1. The minimum absolute atomic E-state index is 0.00847. The number of nitrogens with zero attached hydrogens (tertiary/aromatic N) is 4. The number of hydrogen-bond donors (Lipinski definition) is 1. The molecular weight excluding hydrogens is 302 g/mol. The summed E-state index contributed by atoms with van der Waals surface area (Å²) >= 11 is 1.33. The fourth-order valence-corrected chi connectivity index (χ4v) is 2.46. The summed E-state index contributed by atoms with van der Waals surface area (Å²) in [5, 5.41) is 15.1. The molecule has 0 fully saturated rings. The van der Waals surface area contributed by atoms with Crippen molar-refractivity contribution in [3.8, 4) is 5.75 Å². The van der Waals surface area contributed by atoms with Crippen LogP contribution in [0.1, 0.15) is 18.9 Å². The Morgan fingerprint density at radius 1 is 1.36 bits per heavy atom. The number of nitrogens with one attached hydrogen (secondary N) is 1. The second-order valence-electron chi connectivity index (χ2n) is 4.61. The summed E-state index contributed by atoms with van der Waals surface area (Å²) in [5.41, 5.74) is 1.06. The highest BCUT2D eigenvalue weighted by molar-refractivity contribution is 7.99. The van der Waals surface area contributed by atoms with E-state index < -0.39 is 0 Å². The van der Waals surface area contributed by atoms with Gasteiger partial charge in [0, 0.05) is 6.54 Å². The monoisotopic (exact) mass is 321 g/mol. The average molecular weight is 321 g/mol. The quantitative estimate of drug-likeness (QED) is 0.739. The van der Waals surface area contributed by atoms with Crippen molar-refractivity contribution in [3.05, 3.63) is 29.8 Å². The molecule has 0 unspecified atom stereocenters. The summed E-state index contributed by atoms with van der Waals surface area (Å²) in [4.78, 5) is 11.6. The van der Waals surface area contributed by atoms with Gasteiger partial charge in [-0.2, -0.15) is 0 Å². The molecule has 1 heterocycles. The van der Waals surface area contributed by atoms with Crippen LogP contribution in [0.25, 0.3) is 0 Å². The second-order valence-corrected chi connectivity index (χ2v) is 5.55. The average Bonchev–Trinajstić information content (AvgIpc) is 2.98. The van der Waals surface area contributed by atoms with E-state index in [1.54, 1.807) is 11.8 Å². The lowest BCUT2D eigenvalue weighted by molar-refractivity contribution is -0.118. The van der Waals surface area contributed by atoms with Crippen molar-refractivity contribution >= 4 is 17.7 Å². The highest BCUT2D eigenvalue weighted by Crippen LogP contribution is 2.16. The van der Waals surface area contributed by atoms with Gasteiger partial charge < -0.3 is 10.1 Å². The van der Waals surface area contributed by atoms with Gasteiger partial charge in [-0.3, -0.25) is 4.79 Å². The Balaban J connectivity index is 1.92. The third-order valence-electron chi connectivity index (χ3n) is 2.89. The molecule has 1 aromatic heterocycles. The minimum Gasteiger partial charge on any atom is -0.497 e. The fraction of sp³-hybridized carbons (Fsp3) is 0.429. The molecule has 8 heteroatoms. The van der Waals surface area contributed by atoms with Crippen LogP contribution in [-0.4, -0.2) is 45.5 Å². The van der Waals surface area contributed by atoms with E-state index in [0.717, 1.165) is 17.7 Å². The third kappa shape index (κ3) is 4.73. The van der Waals surface area contributed by atoms with Crippen LogP contribution in [0.4, 0.5) is 0 Å². The van der Waals surface area contributed by atoms with Gasteiger partial charge in [0.2, 0.25) is 11.1 Å². The second kappa shape index (κ2) is 8.38.